The summed E-state index contributed by atoms with van der Waals surface area (Å²) >= 11 is 5.62. The molecule has 0 unspecified atom stereocenters. The van der Waals surface area contributed by atoms with E-state index in [4.69, 9.17) is 12.2 Å². The molecule has 0 aliphatic rings. The van der Waals surface area contributed by atoms with Crippen molar-refractivity contribution < 1.29 is 14.6 Å². The number of hydrogen-bond donors (Lipinski definition) is 1. The SMILES string of the molecule is Cc1ccc(C([O-])=C(C(=S)Nc2c(C)cccc2C)[n+]2ccccc2)cc1[N+](=O)[O-]. The molecule has 2 aromatic carbocycles. The Bertz CT molecular complexity index is 1140. The zero-order chi connectivity index (χ0) is 21.8. The molecular weight excluding hydrogens is 398 g/mol. The fraction of sp³-hybridized carbons (Fsp3) is 0.130. The molecule has 0 atom stereocenters. The molecule has 7 heteroatoms. The van der Waals surface area contributed by atoms with Gasteiger partial charge in [-0.25, -0.2) is 0 Å². The van der Waals surface area contributed by atoms with Gasteiger partial charge in [0.1, 0.15) is 0 Å². The number of pyridine rings is 1. The van der Waals surface area contributed by atoms with E-state index in [1.54, 1.807) is 48.1 Å². The van der Waals surface area contributed by atoms with E-state index >= 15 is 0 Å². The number of aromatic nitrogens is 1. The molecule has 0 saturated heterocycles. The van der Waals surface area contributed by atoms with E-state index in [1.165, 1.54) is 6.07 Å². The van der Waals surface area contributed by atoms with Crippen molar-refractivity contribution in [2.45, 2.75) is 20.8 Å². The highest BCUT2D eigenvalue weighted by molar-refractivity contribution is 7.81. The Morgan fingerprint density at radius 1 is 0.967 bits per heavy atom. The van der Waals surface area contributed by atoms with Crippen LogP contribution in [0.4, 0.5) is 11.4 Å². The van der Waals surface area contributed by atoms with Crippen molar-refractivity contribution in [1.82, 2.24) is 0 Å². The van der Waals surface area contributed by atoms with Gasteiger partial charge in [0.2, 0.25) is 5.70 Å². The third kappa shape index (κ3) is 4.36. The maximum absolute atomic E-state index is 13.4. The molecule has 152 valence electrons. The Kier molecular flexibility index (Phi) is 6.23. The summed E-state index contributed by atoms with van der Waals surface area (Å²) < 4.78 is 1.62. The van der Waals surface area contributed by atoms with Crippen molar-refractivity contribution in [1.29, 1.82) is 0 Å². The van der Waals surface area contributed by atoms with Gasteiger partial charge >= 0.3 is 0 Å². The van der Waals surface area contributed by atoms with Gasteiger partial charge in [-0.2, -0.15) is 4.57 Å². The third-order valence-corrected chi connectivity index (χ3v) is 5.09. The summed E-state index contributed by atoms with van der Waals surface area (Å²) in [6.07, 6.45) is 3.43. The van der Waals surface area contributed by atoms with Gasteiger partial charge in [-0.05, 0) is 43.2 Å². The maximum Gasteiger partial charge on any atom is 0.272 e. The van der Waals surface area contributed by atoms with Crippen LogP contribution in [-0.4, -0.2) is 9.91 Å². The topological polar surface area (TPSA) is 82.1 Å². The van der Waals surface area contributed by atoms with E-state index in [1.807, 2.05) is 38.1 Å². The molecule has 30 heavy (non-hydrogen) atoms. The Hall–Kier alpha value is -3.58. The van der Waals surface area contributed by atoms with Crippen molar-refractivity contribution in [2.75, 3.05) is 5.32 Å². The molecule has 1 N–H and O–H groups in total. The van der Waals surface area contributed by atoms with Crippen molar-refractivity contribution in [2.24, 2.45) is 0 Å². The number of nitro benzene ring substituents is 1. The Balaban J connectivity index is 2.15. The van der Waals surface area contributed by atoms with Crippen LogP contribution in [0.15, 0.2) is 67.0 Å². The molecule has 0 saturated carbocycles. The highest BCUT2D eigenvalue weighted by atomic mass is 32.1. The summed E-state index contributed by atoms with van der Waals surface area (Å²) in [7, 11) is 0. The second kappa shape index (κ2) is 8.84. The minimum atomic E-state index is -0.491. The van der Waals surface area contributed by atoms with Crippen LogP contribution in [0.1, 0.15) is 22.3 Å². The van der Waals surface area contributed by atoms with E-state index in [-0.39, 0.29) is 21.9 Å². The normalized spacial score (nSPS) is 11.6. The first-order valence-corrected chi connectivity index (χ1v) is 9.71. The minimum Gasteiger partial charge on any atom is -0.867 e. The van der Waals surface area contributed by atoms with Gasteiger partial charge in [0, 0.05) is 29.4 Å². The van der Waals surface area contributed by atoms with Crippen molar-refractivity contribution in [3.63, 3.8) is 0 Å². The molecule has 0 spiro atoms. The Morgan fingerprint density at radius 3 is 2.20 bits per heavy atom. The van der Waals surface area contributed by atoms with Crippen LogP contribution in [0.3, 0.4) is 0 Å². The van der Waals surface area contributed by atoms with Crippen LogP contribution >= 0.6 is 12.2 Å². The molecule has 3 rings (SSSR count). The van der Waals surface area contributed by atoms with Crippen LogP contribution in [-0.2, 0) is 0 Å². The summed E-state index contributed by atoms with van der Waals surface area (Å²) in [6.45, 7) is 5.55. The van der Waals surface area contributed by atoms with Crippen LogP contribution in [0.25, 0.3) is 11.5 Å². The lowest BCUT2D eigenvalue weighted by atomic mass is 10.1. The minimum absolute atomic E-state index is 0.105. The van der Waals surface area contributed by atoms with Gasteiger partial charge in [-0.15, -0.1) is 0 Å². The first-order chi connectivity index (χ1) is 14.3. The summed E-state index contributed by atoms with van der Waals surface area (Å²) in [4.78, 5) is 11.1. The van der Waals surface area contributed by atoms with E-state index in [0.29, 0.717) is 5.56 Å². The van der Waals surface area contributed by atoms with E-state index < -0.39 is 10.7 Å². The third-order valence-electron chi connectivity index (χ3n) is 4.79. The molecular formula is C23H21N3O3S. The van der Waals surface area contributed by atoms with Crippen LogP contribution < -0.4 is 15.0 Å². The average Bonchev–Trinajstić information content (AvgIpc) is 2.72. The van der Waals surface area contributed by atoms with Crippen molar-refractivity contribution >= 4 is 40.0 Å². The van der Waals surface area contributed by atoms with Crippen LogP contribution in [0, 0.1) is 30.9 Å². The van der Waals surface area contributed by atoms with E-state index in [2.05, 4.69) is 5.32 Å². The quantitative estimate of drug-likeness (QED) is 0.169. The number of para-hydroxylation sites is 1. The van der Waals surface area contributed by atoms with Crippen LogP contribution in [0.5, 0.6) is 0 Å². The molecule has 1 aromatic heterocycles. The molecule has 0 radical (unpaired) electrons. The predicted octanol–water partition coefficient (Wildman–Crippen LogP) is 3.93. The van der Waals surface area contributed by atoms with Gasteiger partial charge in [0.25, 0.3) is 5.69 Å². The number of thiocarbonyl (C=S) groups is 1. The zero-order valence-corrected chi connectivity index (χ0v) is 17.7. The Morgan fingerprint density at radius 2 is 1.60 bits per heavy atom. The monoisotopic (exact) mass is 419 g/mol. The number of nitrogens with zero attached hydrogens (tertiary/aromatic N) is 2. The number of rotatable bonds is 5. The molecule has 0 amide bonds. The summed E-state index contributed by atoms with van der Waals surface area (Å²) in [5, 5.41) is 28.0. The van der Waals surface area contributed by atoms with Gasteiger partial charge < -0.3 is 10.4 Å². The molecule has 6 nitrogen and oxygen atoms in total. The van der Waals surface area contributed by atoms with Crippen LogP contribution in [0.2, 0.25) is 0 Å². The number of hydrogen-bond acceptors (Lipinski definition) is 4. The molecule has 0 aliphatic carbocycles. The highest BCUT2D eigenvalue weighted by Gasteiger charge is 2.21. The molecule has 0 aliphatic heterocycles. The number of anilines is 1. The molecule has 0 fully saturated rings. The van der Waals surface area contributed by atoms with E-state index in [0.717, 1.165) is 16.8 Å². The summed E-state index contributed by atoms with van der Waals surface area (Å²) in [6, 6.07) is 15.7. The smallest absolute Gasteiger partial charge is 0.272 e. The molecule has 0 bridgehead atoms. The first kappa shape index (κ1) is 21.1. The standard InChI is InChI=1S/C23H21N3O3S/c1-15-10-11-18(14-19(15)26(28)29)22(27)21(25-12-5-4-6-13-25)23(30)24-20-16(2)8-7-9-17(20)3/h4-14H,1-3H3,(H-,24,27,30). The van der Waals surface area contributed by atoms with Gasteiger partial charge in [-0.1, -0.05) is 48.6 Å². The first-order valence-electron chi connectivity index (χ1n) is 9.30. The number of benzene rings is 2. The lowest BCUT2D eigenvalue weighted by molar-refractivity contribution is -0.577. The molecule has 1 heterocycles. The average molecular weight is 420 g/mol. The zero-order valence-electron chi connectivity index (χ0n) is 16.9. The lowest BCUT2D eigenvalue weighted by Gasteiger charge is -2.18. The summed E-state index contributed by atoms with van der Waals surface area (Å²) in [5.41, 5.74) is 3.62. The molecule has 3 aromatic rings. The van der Waals surface area contributed by atoms with E-state index in [9.17, 15) is 15.2 Å². The van der Waals surface area contributed by atoms with Gasteiger partial charge in [0.05, 0.1) is 4.92 Å². The van der Waals surface area contributed by atoms with Crippen molar-refractivity contribution in [3.05, 3.63) is 99.4 Å². The van der Waals surface area contributed by atoms with Crippen molar-refractivity contribution in [3.8, 4) is 0 Å². The lowest BCUT2D eigenvalue weighted by Crippen LogP contribution is -2.40. The largest absolute Gasteiger partial charge is 0.867 e. The van der Waals surface area contributed by atoms with Gasteiger partial charge in [0.15, 0.2) is 17.4 Å². The predicted molar refractivity (Wildman–Crippen MR) is 120 cm³/mol. The highest BCUT2D eigenvalue weighted by Crippen LogP contribution is 2.25. The van der Waals surface area contributed by atoms with Gasteiger partial charge in [-0.3, -0.25) is 10.1 Å². The number of aryl methyl sites for hydroxylation is 3. The number of nitro groups is 1. The summed E-state index contributed by atoms with van der Waals surface area (Å²) in [5.74, 6) is -0.405. The fourth-order valence-corrected chi connectivity index (χ4v) is 3.45. The Labute approximate surface area is 180 Å². The maximum atomic E-state index is 13.4. The fourth-order valence-electron chi connectivity index (χ4n) is 3.15. The second-order valence-electron chi connectivity index (χ2n) is 6.94. The number of nitrogens with one attached hydrogen (secondary N) is 1. The second-order valence-corrected chi connectivity index (χ2v) is 7.35.